The van der Waals surface area contributed by atoms with Crippen molar-refractivity contribution in [1.29, 1.82) is 5.39 Å². The van der Waals surface area contributed by atoms with E-state index in [2.05, 4.69) is 10.3 Å². The second kappa shape index (κ2) is 3.72. The second-order valence-corrected chi connectivity index (χ2v) is 2.63. The molecule has 0 saturated heterocycles. The van der Waals surface area contributed by atoms with Gasteiger partial charge >= 0.3 is 5.69 Å². The molecule has 3 nitrogen and oxygen atoms in total. The number of aryl methyl sites for hydroxylation is 1. The summed E-state index contributed by atoms with van der Waals surface area (Å²) in [6.07, 6.45) is 0. The van der Waals surface area contributed by atoms with Crippen molar-refractivity contribution in [3.05, 3.63) is 28.7 Å². The number of hydrogen-bond acceptors (Lipinski definition) is 2. The van der Waals surface area contributed by atoms with Crippen molar-refractivity contribution < 1.29 is 0 Å². The highest BCUT2D eigenvalue weighted by Gasteiger charge is 2.05. The van der Waals surface area contributed by atoms with Gasteiger partial charge in [-0.1, -0.05) is 0 Å². The molecule has 1 aromatic rings. The van der Waals surface area contributed by atoms with E-state index < -0.39 is 0 Å². The molecule has 0 spiro atoms. The Bertz CT molecular complexity index is 312. The standard InChI is InChI=1S/C9H12N3/c1-3-11-9-5-4-8(12-10)6-7(9)2/h4-6,11H,3H2,1-2H3/q+1. The maximum absolute atomic E-state index is 8.49. The average molecular weight is 162 g/mol. The van der Waals surface area contributed by atoms with Crippen LogP contribution in [0.4, 0.5) is 11.4 Å². The Morgan fingerprint density at radius 3 is 2.75 bits per heavy atom. The maximum atomic E-state index is 8.49. The summed E-state index contributed by atoms with van der Waals surface area (Å²) in [5.41, 5.74) is 2.77. The van der Waals surface area contributed by atoms with Crippen LogP contribution in [0.3, 0.4) is 0 Å². The van der Waals surface area contributed by atoms with Crippen molar-refractivity contribution >= 4 is 11.4 Å². The van der Waals surface area contributed by atoms with Gasteiger partial charge in [-0.05, 0) is 25.5 Å². The second-order valence-electron chi connectivity index (χ2n) is 2.63. The zero-order chi connectivity index (χ0) is 8.97. The molecule has 0 bridgehead atoms. The minimum Gasteiger partial charge on any atom is -0.385 e. The van der Waals surface area contributed by atoms with Crippen LogP contribution in [0, 0.1) is 12.3 Å². The Morgan fingerprint density at radius 1 is 1.50 bits per heavy atom. The predicted octanol–water partition coefficient (Wildman–Crippen LogP) is 2.91. The van der Waals surface area contributed by atoms with Gasteiger partial charge in [-0.15, -0.1) is 0 Å². The molecule has 1 N–H and O–H groups in total. The molecular formula is C9H12N3+. The quantitative estimate of drug-likeness (QED) is 0.679. The third kappa shape index (κ3) is 1.73. The first-order valence-corrected chi connectivity index (χ1v) is 3.97. The molecule has 0 fully saturated rings. The summed E-state index contributed by atoms with van der Waals surface area (Å²) in [5.74, 6) is 0. The van der Waals surface area contributed by atoms with Gasteiger partial charge in [0.2, 0.25) is 5.39 Å². The lowest BCUT2D eigenvalue weighted by molar-refractivity contribution is 1.20. The smallest absolute Gasteiger partial charge is 0.385 e. The molecule has 0 amide bonds. The number of nitrogens with zero attached hydrogens (tertiary/aromatic N) is 2. The van der Waals surface area contributed by atoms with E-state index in [-0.39, 0.29) is 0 Å². The minimum absolute atomic E-state index is 0.592. The van der Waals surface area contributed by atoms with E-state index in [1.54, 1.807) is 6.07 Å². The van der Waals surface area contributed by atoms with E-state index in [1.165, 1.54) is 0 Å². The highest BCUT2D eigenvalue weighted by molar-refractivity contribution is 5.59. The molecule has 0 atom stereocenters. The fraction of sp³-hybridized carbons (Fsp3) is 0.333. The third-order valence-corrected chi connectivity index (χ3v) is 1.69. The van der Waals surface area contributed by atoms with E-state index in [9.17, 15) is 0 Å². The largest absolute Gasteiger partial charge is 0.385 e. The fourth-order valence-electron chi connectivity index (χ4n) is 1.10. The van der Waals surface area contributed by atoms with Gasteiger partial charge < -0.3 is 5.32 Å². The van der Waals surface area contributed by atoms with Gasteiger partial charge in [-0.3, -0.25) is 0 Å². The molecule has 0 heterocycles. The lowest BCUT2D eigenvalue weighted by atomic mass is 10.2. The van der Waals surface area contributed by atoms with Gasteiger partial charge in [0, 0.05) is 24.4 Å². The van der Waals surface area contributed by atoms with Gasteiger partial charge in [-0.2, -0.15) is 0 Å². The van der Waals surface area contributed by atoms with Gasteiger partial charge in [0.1, 0.15) is 0 Å². The van der Waals surface area contributed by atoms with E-state index in [0.717, 1.165) is 17.8 Å². The van der Waals surface area contributed by atoms with Crippen LogP contribution < -0.4 is 5.32 Å². The molecule has 62 valence electrons. The first-order chi connectivity index (χ1) is 5.77. The molecule has 0 unspecified atom stereocenters. The van der Waals surface area contributed by atoms with E-state index in [1.807, 2.05) is 26.0 Å². The average Bonchev–Trinajstić information content (AvgIpc) is 2.09. The zero-order valence-corrected chi connectivity index (χ0v) is 7.33. The van der Waals surface area contributed by atoms with Crippen LogP contribution in [-0.4, -0.2) is 6.54 Å². The number of nitrogens with one attached hydrogen (secondary N) is 1. The normalized spacial score (nSPS) is 9.08. The summed E-state index contributed by atoms with van der Waals surface area (Å²) >= 11 is 0. The van der Waals surface area contributed by atoms with Crippen molar-refractivity contribution in [2.24, 2.45) is 0 Å². The van der Waals surface area contributed by atoms with Crippen LogP contribution in [0.25, 0.3) is 4.98 Å². The molecule has 12 heavy (non-hydrogen) atoms. The van der Waals surface area contributed by atoms with Gasteiger partial charge in [-0.25, -0.2) is 0 Å². The molecule has 1 rings (SSSR count). The summed E-state index contributed by atoms with van der Waals surface area (Å²) in [5, 5.41) is 11.7. The number of diazo groups is 1. The molecule has 3 heteroatoms. The van der Waals surface area contributed by atoms with E-state index >= 15 is 0 Å². The maximum Gasteiger partial charge on any atom is 0.385 e. The molecule has 1 aromatic carbocycles. The lowest BCUT2D eigenvalue weighted by Gasteiger charge is -2.03. The van der Waals surface area contributed by atoms with Crippen LogP contribution in [-0.2, 0) is 0 Å². The summed E-state index contributed by atoms with van der Waals surface area (Å²) in [6, 6.07) is 5.51. The topological polar surface area (TPSA) is 40.2 Å². The van der Waals surface area contributed by atoms with E-state index in [4.69, 9.17) is 5.39 Å². The number of benzene rings is 1. The molecule has 0 aliphatic rings. The van der Waals surface area contributed by atoms with Crippen molar-refractivity contribution in [3.8, 4) is 0 Å². The monoisotopic (exact) mass is 162 g/mol. The summed E-state index contributed by atoms with van der Waals surface area (Å²) < 4.78 is 0. The first kappa shape index (κ1) is 8.54. The van der Waals surface area contributed by atoms with Crippen molar-refractivity contribution in [1.82, 2.24) is 0 Å². The number of anilines is 1. The van der Waals surface area contributed by atoms with Crippen molar-refractivity contribution in [2.45, 2.75) is 13.8 Å². The summed E-state index contributed by atoms with van der Waals surface area (Å²) in [4.78, 5) is 3.10. The molecular weight excluding hydrogens is 150 g/mol. The van der Waals surface area contributed by atoms with Gasteiger partial charge in [0.25, 0.3) is 0 Å². The number of rotatable bonds is 2. The first-order valence-electron chi connectivity index (χ1n) is 3.97. The third-order valence-electron chi connectivity index (χ3n) is 1.69. The van der Waals surface area contributed by atoms with Gasteiger partial charge in [0.05, 0.1) is 0 Å². The highest BCUT2D eigenvalue weighted by atomic mass is 14.9. The highest BCUT2D eigenvalue weighted by Crippen LogP contribution is 2.21. The molecule has 0 saturated carbocycles. The van der Waals surface area contributed by atoms with E-state index in [0.29, 0.717) is 5.69 Å². The predicted molar refractivity (Wildman–Crippen MR) is 50.1 cm³/mol. The van der Waals surface area contributed by atoms with Crippen LogP contribution >= 0.6 is 0 Å². The Kier molecular flexibility index (Phi) is 2.65. The molecule has 0 aliphatic carbocycles. The minimum atomic E-state index is 0.592. The van der Waals surface area contributed by atoms with Crippen molar-refractivity contribution in [3.63, 3.8) is 0 Å². The Morgan fingerprint density at radius 2 is 2.25 bits per heavy atom. The van der Waals surface area contributed by atoms with Crippen LogP contribution in [0.2, 0.25) is 0 Å². The Balaban J connectivity index is 2.97. The van der Waals surface area contributed by atoms with Crippen molar-refractivity contribution in [2.75, 3.05) is 11.9 Å². The van der Waals surface area contributed by atoms with Gasteiger partial charge in [0.15, 0.2) is 4.98 Å². The summed E-state index contributed by atoms with van der Waals surface area (Å²) in [6.45, 7) is 4.92. The Labute approximate surface area is 72.0 Å². The van der Waals surface area contributed by atoms with Crippen LogP contribution in [0.1, 0.15) is 12.5 Å². The van der Waals surface area contributed by atoms with Crippen LogP contribution in [0.5, 0.6) is 0 Å². The molecule has 0 radical (unpaired) electrons. The summed E-state index contributed by atoms with van der Waals surface area (Å²) in [7, 11) is 0. The fourth-order valence-corrected chi connectivity index (χ4v) is 1.10. The van der Waals surface area contributed by atoms with Crippen LogP contribution in [0.15, 0.2) is 18.2 Å². The molecule has 0 aliphatic heterocycles. The zero-order valence-electron chi connectivity index (χ0n) is 7.33. The lowest BCUT2D eigenvalue weighted by Crippen LogP contribution is -1.97. The molecule has 0 aromatic heterocycles. The number of hydrogen-bond donors (Lipinski definition) is 1. The Hall–Kier alpha value is -1.56. The SMILES string of the molecule is CCNc1ccc([N+]#N)cc1C.